The predicted octanol–water partition coefficient (Wildman–Crippen LogP) is -0.804. The third kappa shape index (κ3) is 7.48. The molecule has 0 saturated heterocycles. The molecule has 5 nitrogen and oxygen atoms in total. The Labute approximate surface area is 131 Å². The van der Waals surface area contributed by atoms with E-state index >= 15 is 0 Å². The van der Waals surface area contributed by atoms with Crippen LogP contribution in [0.1, 0.15) is 0 Å². The van der Waals surface area contributed by atoms with Crippen LogP contribution in [0.4, 0.5) is 0 Å². The Morgan fingerprint density at radius 1 is 1.24 bits per heavy atom. The van der Waals surface area contributed by atoms with E-state index in [1.54, 1.807) is 6.07 Å². The third-order valence-electron chi connectivity index (χ3n) is 1.47. The number of hydrogen-bond donors (Lipinski definition) is 1. The molecular weight excluding hydrogens is 302 g/mol. The number of halogens is 2. The molecule has 0 aromatic heterocycles. The summed E-state index contributed by atoms with van der Waals surface area (Å²) in [5.74, 6) is 0.352. The minimum absolute atomic E-state index is 0. The van der Waals surface area contributed by atoms with Crippen LogP contribution in [0.3, 0.4) is 0 Å². The van der Waals surface area contributed by atoms with E-state index in [0.717, 1.165) is 0 Å². The van der Waals surface area contributed by atoms with Crippen LogP contribution in [0.2, 0.25) is 10.0 Å². The average Bonchev–Trinajstić information content (AvgIpc) is 2.13. The van der Waals surface area contributed by atoms with Crippen molar-refractivity contribution in [3.05, 3.63) is 28.2 Å². The zero-order valence-electron chi connectivity index (χ0n) is 8.89. The van der Waals surface area contributed by atoms with Crippen LogP contribution >= 0.6 is 23.2 Å². The van der Waals surface area contributed by atoms with Gasteiger partial charge in [-0.2, -0.15) is 8.42 Å². The van der Waals surface area contributed by atoms with Gasteiger partial charge in [-0.3, -0.25) is 4.55 Å². The van der Waals surface area contributed by atoms with Crippen LogP contribution in [-0.2, 0) is 14.6 Å². The molecule has 0 bridgehead atoms. The summed E-state index contributed by atoms with van der Waals surface area (Å²) in [4.78, 5) is 0. The fourth-order valence-corrected chi connectivity index (χ4v) is 1.62. The van der Waals surface area contributed by atoms with Gasteiger partial charge in [-0.05, 0) is 18.2 Å². The van der Waals surface area contributed by atoms with Gasteiger partial charge in [0.15, 0.2) is 0 Å². The Balaban J connectivity index is 0.00000256. The number of rotatable bonds is 5. The summed E-state index contributed by atoms with van der Waals surface area (Å²) in [7, 11) is -4.43. The van der Waals surface area contributed by atoms with Gasteiger partial charge in [-0.25, -0.2) is 4.18 Å². The van der Waals surface area contributed by atoms with Crippen molar-refractivity contribution in [2.24, 2.45) is 0 Å². The summed E-state index contributed by atoms with van der Waals surface area (Å²) in [6, 6.07) is 4.60. The minimum Gasteiger partial charge on any atom is -0.490 e. The maximum atomic E-state index is 10.2. The Morgan fingerprint density at radius 2 is 1.88 bits per heavy atom. The first kappa shape index (κ1) is 17.5. The summed E-state index contributed by atoms with van der Waals surface area (Å²) in [6.45, 7) is -0.376. The SMILES string of the molecule is O=S(=O)(O)OCCOc1ccc(Cl)cc1Cl.[Na+]. The Morgan fingerprint density at radius 3 is 2.41 bits per heavy atom. The van der Waals surface area contributed by atoms with Crippen LogP contribution in [-0.4, -0.2) is 26.2 Å². The van der Waals surface area contributed by atoms with Crippen molar-refractivity contribution in [3.63, 3.8) is 0 Å². The van der Waals surface area contributed by atoms with Crippen molar-refractivity contribution in [1.29, 1.82) is 0 Å². The molecule has 0 heterocycles. The zero-order chi connectivity index (χ0) is 12.2. The largest absolute Gasteiger partial charge is 1.00 e. The first-order valence-electron chi connectivity index (χ1n) is 4.08. The summed E-state index contributed by atoms with van der Waals surface area (Å²) in [6.07, 6.45) is 0. The molecule has 0 saturated carbocycles. The second-order valence-corrected chi connectivity index (χ2v) is 4.61. The van der Waals surface area contributed by atoms with E-state index in [-0.39, 0.29) is 42.8 Å². The monoisotopic (exact) mass is 309 g/mol. The normalized spacial score (nSPS) is 10.8. The minimum atomic E-state index is -4.43. The first-order valence-corrected chi connectivity index (χ1v) is 6.20. The number of hydrogen-bond acceptors (Lipinski definition) is 4. The van der Waals surface area contributed by atoms with Crippen molar-refractivity contribution in [3.8, 4) is 5.75 Å². The molecule has 0 radical (unpaired) electrons. The van der Waals surface area contributed by atoms with Gasteiger partial charge in [-0.15, -0.1) is 0 Å². The third-order valence-corrected chi connectivity index (χ3v) is 2.46. The second kappa shape index (κ2) is 7.81. The molecule has 17 heavy (non-hydrogen) atoms. The topological polar surface area (TPSA) is 72.8 Å². The summed E-state index contributed by atoms with van der Waals surface area (Å²) >= 11 is 11.4. The van der Waals surface area contributed by atoms with Gasteiger partial charge in [0, 0.05) is 5.02 Å². The molecule has 0 unspecified atom stereocenters. The number of ether oxygens (including phenoxy) is 1. The van der Waals surface area contributed by atoms with Gasteiger partial charge < -0.3 is 4.74 Å². The molecule has 9 heteroatoms. The van der Waals surface area contributed by atoms with Gasteiger partial charge in [0.1, 0.15) is 19.0 Å². The molecule has 0 atom stereocenters. The predicted molar refractivity (Wildman–Crippen MR) is 59.5 cm³/mol. The molecule has 0 aliphatic rings. The van der Waals surface area contributed by atoms with Gasteiger partial charge in [0.05, 0.1) is 5.02 Å². The van der Waals surface area contributed by atoms with E-state index in [2.05, 4.69) is 4.18 Å². The van der Waals surface area contributed by atoms with Crippen molar-refractivity contribution < 1.29 is 51.4 Å². The van der Waals surface area contributed by atoms with Gasteiger partial charge in [0.25, 0.3) is 0 Å². The Kier molecular flexibility index (Phi) is 8.02. The standard InChI is InChI=1S/C8H8Cl2O5S.Na/c9-6-1-2-8(7(10)5-6)14-3-4-15-16(11,12)13;/h1-2,5H,3-4H2,(H,11,12,13);/q;+1. The van der Waals surface area contributed by atoms with E-state index in [1.807, 2.05) is 0 Å². The van der Waals surface area contributed by atoms with E-state index in [4.69, 9.17) is 32.5 Å². The van der Waals surface area contributed by atoms with Crippen LogP contribution in [0.15, 0.2) is 18.2 Å². The molecular formula is C8H8Cl2NaO5S+. The van der Waals surface area contributed by atoms with Gasteiger partial charge >= 0.3 is 40.0 Å². The maximum absolute atomic E-state index is 10.2. The maximum Gasteiger partial charge on any atom is 1.00 e. The smallest absolute Gasteiger partial charge is 0.490 e. The van der Waals surface area contributed by atoms with Crippen LogP contribution in [0, 0.1) is 0 Å². The quantitative estimate of drug-likeness (QED) is 0.438. The van der Waals surface area contributed by atoms with Crippen LogP contribution in [0.25, 0.3) is 0 Å². The second-order valence-electron chi connectivity index (χ2n) is 2.67. The average molecular weight is 310 g/mol. The van der Waals surface area contributed by atoms with Gasteiger partial charge in [0.2, 0.25) is 0 Å². The molecule has 0 aliphatic heterocycles. The van der Waals surface area contributed by atoms with Crippen LogP contribution < -0.4 is 34.3 Å². The summed E-state index contributed by atoms with van der Waals surface area (Å²) in [5.41, 5.74) is 0. The molecule has 90 valence electrons. The summed E-state index contributed by atoms with van der Waals surface area (Å²) in [5, 5.41) is 0.769. The van der Waals surface area contributed by atoms with E-state index < -0.39 is 10.4 Å². The molecule has 1 N–H and O–H groups in total. The van der Waals surface area contributed by atoms with Crippen molar-refractivity contribution in [2.45, 2.75) is 0 Å². The van der Waals surface area contributed by atoms with Crippen molar-refractivity contribution >= 4 is 33.6 Å². The molecule has 1 aromatic carbocycles. The van der Waals surface area contributed by atoms with E-state index in [1.165, 1.54) is 12.1 Å². The van der Waals surface area contributed by atoms with E-state index in [0.29, 0.717) is 15.8 Å². The molecule has 0 fully saturated rings. The van der Waals surface area contributed by atoms with Crippen LogP contribution in [0.5, 0.6) is 5.75 Å². The Hall–Kier alpha value is 0.470. The zero-order valence-corrected chi connectivity index (χ0v) is 13.2. The molecule has 0 amide bonds. The number of benzene rings is 1. The van der Waals surface area contributed by atoms with Gasteiger partial charge in [-0.1, -0.05) is 23.2 Å². The molecule has 1 rings (SSSR count). The van der Waals surface area contributed by atoms with E-state index in [9.17, 15) is 8.42 Å². The van der Waals surface area contributed by atoms with Crippen molar-refractivity contribution in [2.75, 3.05) is 13.2 Å². The first-order chi connectivity index (χ1) is 7.38. The molecule has 1 aromatic rings. The summed E-state index contributed by atoms with van der Waals surface area (Å²) < 4.78 is 37.8. The Bertz CT molecular complexity index is 465. The molecule has 0 spiro atoms. The molecule has 0 aliphatic carbocycles. The van der Waals surface area contributed by atoms with Crippen molar-refractivity contribution in [1.82, 2.24) is 0 Å². The fraction of sp³-hybridized carbons (Fsp3) is 0.250. The fourth-order valence-electron chi connectivity index (χ4n) is 0.883.